The fourth-order valence-corrected chi connectivity index (χ4v) is 3.26. The van der Waals surface area contributed by atoms with E-state index in [4.69, 9.17) is 14.2 Å². The van der Waals surface area contributed by atoms with Crippen molar-refractivity contribution in [2.45, 2.75) is 25.6 Å². The molecular formula is C21H20O3. The van der Waals surface area contributed by atoms with E-state index in [1.807, 2.05) is 31.2 Å². The van der Waals surface area contributed by atoms with Gasteiger partial charge >= 0.3 is 0 Å². The van der Waals surface area contributed by atoms with Gasteiger partial charge in [-0.25, -0.2) is 0 Å². The Bertz CT molecular complexity index is 821. The molecule has 2 heterocycles. The van der Waals surface area contributed by atoms with Crippen molar-refractivity contribution in [2.24, 2.45) is 0 Å². The van der Waals surface area contributed by atoms with E-state index in [1.165, 1.54) is 0 Å². The molecule has 0 amide bonds. The average Bonchev–Trinajstić information content (AvgIpc) is 3.06. The van der Waals surface area contributed by atoms with E-state index in [0.717, 1.165) is 45.9 Å². The van der Waals surface area contributed by atoms with Gasteiger partial charge in [0.15, 0.2) is 0 Å². The minimum Gasteiger partial charge on any atom is -0.496 e. The van der Waals surface area contributed by atoms with Gasteiger partial charge in [-0.15, -0.1) is 0 Å². The zero-order chi connectivity index (χ0) is 16.7. The molecule has 0 saturated heterocycles. The van der Waals surface area contributed by atoms with E-state index >= 15 is 0 Å². The molecule has 0 spiro atoms. The number of methoxy groups -OCH3 is 1. The lowest BCUT2D eigenvalue weighted by Gasteiger charge is -2.25. The van der Waals surface area contributed by atoms with Crippen LogP contribution in [0.25, 0.3) is 6.08 Å². The molecular weight excluding hydrogens is 300 g/mol. The summed E-state index contributed by atoms with van der Waals surface area (Å²) in [4.78, 5) is 0. The van der Waals surface area contributed by atoms with Crippen molar-refractivity contribution in [3.05, 3.63) is 71.3 Å². The summed E-state index contributed by atoms with van der Waals surface area (Å²) >= 11 is 0. The van der Waals surface area contributed by atoms with Crippen LogP contribution < -0.4 is 14.2 Å². The van der Waals surface area contributed by atoms with Gasteiger partial charge in [-0.05, 0) is 30.2 Å². The first-order valence-electron chi connectivity index (χ1n) is 8.13. The number of fused-ring (bicyclic) bond motifs is 3. The normalized spacial score (nSPS) is 20.6. The molecule has 2 aliphatic heterocycles. The summed E-state index contributed by atoms with van der Waals surface area (Å²) < 4.78 is 17.9. The van der Waals surface area contributed by atoms with Gasteiger partial charge in [0.05, 0.1) is 12.7 Å². The second-order valence-corrected chi connectivity index (χ2v) is 6.26. The highest BCUT2D eigenvalue weighted by Crippen LogP contribution is 2.48. The SMILES string of the molecule is C=C(C)C1Cc2c(cc(OC)c3c2O[C@H](c2ccccc2)C=C3)O1. The van der Waals surface area contributed by atoms with Crippen LogP contribution in [0.3, 0.4) is 0 Å². The number of benzene rings is 2. The first-order chi connectivity index (χ1) is 11.7. The molecule has 0 fully saturated rings. The first kappa shape index (κ1) is 14.9. The molecule has 4 rings (SSSR count). The average molecular weight is 320 g/mol. The molecule has 2 aromatic carbocycles. The lowest BCUT2D eigenvalue weighted by Crippen LogP contribution is -2.14. The third kappa shape index (κ3) is 2.37. The van der Waals surface area contributed by atoms with Crippen molar-refractivity contribution in [1.82, 2.24) is 0 Å². The molecule has 0 N–H and O–H groups in total. The molecule has 0 aromatic heterocycles. The first-order valence-corrected chi connectivity index (χ1v) is 8.13. The van der Waals surface area contributed by atoms with Crippen molar-refractivity contribution in [1.29, 1.82) is 0 Å². The van der Waals surface area contributed by atoms with Gasteiger partial charge in [-0.3, -0.25) is 0 Å². The van der Waals surface area contributed by atoms with Crippen LogP contribution in [0.1, 0.15) is 29.7 Å². The summed E-state index contributed by atoms with van der Waals surface area (Å²) in [5, 5.41) is 0. The summed E-state index contributed by atoms with van der Waals surface area (Å²) in [6.45, 7) is 6.02. The number of hydrogen-bond acceptors (Lipinski definition) is 3. The second-order valence-electron chi connectivity index (χ2n) is 6.26. The smallest absolute Gasteiger partial charge is 0.142 e. The van der Waals surface area contributed by atoms with Crippen molar-refractivity contribution in [3.8, 4) is 17.2 Å². The highest BCUT2D eigenvalue weighted by atomic mass is 16.5. The lowest BCUT2D eigenvalue weighted by molar-refractivity contribution is 0.247. The Morgan fingerprint density at radius 2 is 2.00 bits per heavy atom. The van der Waals surface area contributed by atoms with Crippen LogP contribution in [0.5, 0.6) is 17.2 Å². The predicted octanol–water partition coefficient (Wildman–Crippen LogP) is 4.72. The van der Waals surface area contributed by atoms with Gasteiger partial charge in [0, 0.05) is 18.1 Å². The van der Waals surface area contributed by atoms with Crippen molar-refractivity contribution in [2.75, 3.05) is 7.11 Å². The minimum absolute atomic E-state index is 0.000822. The Balaban J connectivity index is 1.77. The molecule has 1 unspecified atom stereocenters. The minimum atomic E-state index is -0.0983. The molecule has 0 saturated carbocycles. The van der Waals surface area contributed by atoms with E-state index in [1.54, 1.807) is 7.11 Å². The largest absolute Gasteiger partial charge is 0.496 e. The molecule has 24 heavy (non-hydrogen) atoms. The Morgan fingerprint density at radius 3 is 2.71 bits per heavy atom. The van der Waals surface area contributed by atoms with Crippen LogP contribution in [-0.4, -0.2) is 13.2 Å². The monoisotopic (exact) mass is 320 g/mol. The fraction of sp³-hybridized carbons (Fsp3) is 0.238. The van der Waals surface area contributed by atoms with Crippen molar-refractivity contribution < 1.29 is 14.2 Å². The zero-order valence-electron chi connectivity index (χ0n) is 13.9. The second kappa shape index (κ2) is 5.75. The quantitative estimate of drug-likeness (QED) is 0.766. The summed E-state index contributed by atoms with van der Waals surface area (Å²) in [6, 6.07) is 12.2. The molecule has 0 radical (unpaired) electrons. The molecule has 2 aliphatic rings. The highest BCUT2D eigenvalue weighted by molar-refractivity contribution is 5.72. The van der Waals surface area contributed by atoms with E-state index in [2.05, 4.69) is 30.9 Å². The van der Waals surface area contributed by atoms with Gasteiger partial charge in [0.1, 0.15) is 29.5 Å². The van der Waals surface area contributed by atoms with Crippen molar-refractivity contribution in [3.63, 3.8) is 0 Å². The third-order valence-electron chi connectivity index (χ3n) is 4.58. The molecule has 122 valence electrons. The maximum Gasteiger partial charge on any atom is 0.142 e. The van der Waals surface area contributed by atoms with Crippen LogP contribution in [-0.2, 0) is 6.42 Å². The fourth-order valence-electron chi connectivity index (χ4n) is 3.26. The van der Waals surface area contributed by atoms with Crippen LogP contribution in [0.2, 0.25) is 0 Å². The van der Waals surface area contributed by atoms with Gasteiger partial charge in [-0.2, -0.15) is 0 Å². The topological polar surface area (TPSA) is 27.7 Å². The Hall–Kier alpha value is -2.68. The molecule has 3 nitrogen and oxygen atoms in total. The van der Waals surface area contributed by atoms with Gasteiger partial charge in [-0.1, -0.05) is 36.9 Å². The standard InChI is InChI=1S/C21H20O3/c1-13(2)18-11-16-20(23-18)12-19(22-3)15-9-10-17(24-21(15)16)14-7-5-4-6-8-14/h4-10,12,17-18H,1,11H2,2-3H3/t17-,18?/m0/s1. The summed E-state index contributed by atoms with van der Waals surface area (Å²) in [5.74, 6) is 2.47. The number of ether oxygens (including phenoxy) is 3. The summed E-state index contributed by atoms with van der Waals surface area (Å²) in [7, 11) is 1.67. The Morgan fingerprint density at radius 1 is 1.21 bits per heavy atom. The van der Waals surface area contributed by atoms with Gasteiger partial charge < -0.3 is 14.2 Å². The zero-order valence-corrected chi connectivity index (χ0v) is 13.9. The van der Waals surface area contributed by atoms with E-state index in [0.29, 0.717) is 0 Å². The Kier molecular flexibility index (Phi) is 3.57. The van der Waals surface area contributed by atoms with Crippen LogP contribution in [0.4, 0.5) is 0 Å². The predicted molar refractivity (Wildman–Crippen MR) is 94.8 cm³/mol. The van der Waals surface area contributed by atoms with E-state index in [9.17, 15) is 0 Å². The van der Waals surface area contributed by atoms with Gasteiger partial charge in [0.25, 0.3) is 0 Å². The lowest BCUT2D eigenvalue weighted by atomic mass is 9.98. The van der Waals surface area contributed by atoms with Gasteiger partial charge in [0.2, 0.25) is 0 Å². The van der Waals surface area contributed by atoms with Crippen LogP contribution in [0, 0.1) is 0 Å². The Labute approximate surface area is 142 Å². The van der Waals surface area contributed by atoms with Crippen molar-refractivity contribution >= 4 is 6.08 Å². The van der Waals surface area contributed by atoms with Crippen LogP contribution >= 0.6 is 0 Å². The highest BCUT2D eigenvalue weighted by Gasteiger charge is 2.32. The summed E-state index contributed by atoms with van der Waals surface area (Å²) in [6.07, 6.45) is 4.84. The summed E-state index contributed by atoms with van der Waals surface area (Å²) in [5.41, 5.74) is 4.23. The maximum absolute atomic E-state index is 6.35. The maximum atomic E-state index is 6.35. The molecule has 0 aliphatic carbocycles. The number of rotatable bonds is 3. The molecule has 3 heteroatoms. The molecule has 2 aromatic rings. The molecule has 0 bridgehead atoms. The third-order valence-corrected chi connectivity index (χ3v) is 4.58. The van der Waals surface area contributed by atoms with E-state index < -0.39 is 0 Å². The molecule has 2 atom stereocenters. The van der Waals surface area contributed by atoms with Crippen LogP contribution in [0.15, 0.2) is 54.6 Å². The number of hydrogen-bond donors (Lipinski definition) is 0. The van der Waals surface area contributed by atoms with E-state index in [-0.39, 0.29) is 12.2 Å².